The zero-order valence-electron chi connectivity index (χ0n) is 19.8. The number of nitrogens with zero attached hydrogens (tertiary/aromatic N) is 3. The van der Waals surface area contributed by atoms with E-state index in [0.717, 1.165) is 35.9 Å². The topological polar surface area (TPSA) is 112 Å². The standard InChI is InChI=1S/C26H34N6O/c1-16-8-4-9-17(2)32(16)18(3)10-5-11-19-12-6-13-20-23(19)31-26(33)24(30-20)21-14-7-15-22(29-21)25(27)28/h6-7,12-18H,4-5,8-11H2,1-3H3,(H3,27,28)(H,31,33). The molecule has 1 aliphatic heterocycles. The molecule has 7 nitrogen and oxygen atoms in total. The van der Waals surface area contributed by atoms with E-state index in [1.807, 2.05) is 12.1 Å². The van der Waals surface area contributed by atoms with E-state index in [0.29, 0.717) is 29.5 Å². The largest absolute Gasteiger partial charge is 0.382 e. The summed E-state index contributed by atoms with van der Waals surface area (Å²) in [5.74, 6) is -0.140. The Hall–Kier alpha value is -3.06. The fraction of sp³-hybridized carbons (Fsp3) is 0.462. The minimum absolute atomic E-state index is 0.140. The molecule has 4 rings (SSSR count). The second-order valence-corrected chi connectivity index (χ2v) is 9.36. The average molecular weight is 447 g/mol. The third-order valence-corrected chi connectivity index (χ3v) is 6.92. The highest BCUT2D eigenvalue weighted by Crippen LogP contribution is 2.27. The summed E-state index contributed by atoms with van der Waals surface area (Å²) in [6.45, 7) is 7.05. The van der Waals surface area contributed by atoms with Crippen LogP contribution in [0.5, 0.6) is 0 Å². The van der Waals surface area contributed by atoms with Gasteiger partial charge in [0.1, 0.15) is 11.5 Å². The van der Waals surface area contributed by atoms with Crippen molar-refractivity contribution in [3.8, 4) is 11.4 Å². The van der Waals surface area contributed by atoms with Crippen molar-refractivity contribution in [2.24, 2.45) is 5.73 Å². The number of benzene rings is 1. The Labute approximate surface area is 195 Å². The molecule has 3 unspecified atom stereocenters. The SMILES string of the molecule is CC(CCCc1cccc2nc(-c3cccc(C(=N)N)n3)c(=O)[nH]c12)N1C(C)CCCC1C. The van der Waals surface area contributed by atoms with Crippen LogP contribution in [0.4, 0.5) is 0 Å². The molecule has 1 aromatic carbocycles. The van der Waals surface area contributed by atoms with Crippen LogP contribution in [0.1, 0.15) is 64.1 Å². The van der Waals surface area contributed by atoms with Crippen molar-refractivity contribution in [1.82, 2.24) is 19.9 Å². The molecule has 3 aromatic rings. The molecule has 3 heterocycles. The first kappa shape index (κ1) is 23.1. The number of aryl methyl sites for hydroxylation is 1. The smallest absolute Gasteiger partial charge is 0.276 e. The quantitative estimate of drug-likeness (QED) is 0.371. The van der Waals surface area contributed by atoms with E-state index in [4.69, 9.17) is 11.1 Å². The summed E-state index contributed by atoms with van der Waals surface area (Å²) in [6, 6.07) is 12.9. The van der Waals surface area contributed by atoms with Crippen LogP contribution in [0.3, 0.4) is 0 Å². The summed E-state index contributed by atoms with van der Waals surface area (Å²) < 4.78 is 0. The lowest BCUT2D eigenvalue weighted by atomic mass is 9.93. The van der Waals surface area contributed by atoms with E-state index in [2.05, 4.69) is 46.7 Å². The van der Waals surface area contributed by atoms with Gasteiger partial charge in [0.25, 0.3) is 5.56 Å². The van der Waals surface area contributed by atoms with E-state index in [-0.39, 0.29) is 17.1 Å². The number of hydrogen-bond acceptors (Lipinski definition) is 5. The van der Waals surface area contributed by atoms with Crippen molar-refractivity contribution < 1.29 is 0 Å². The van der Waals surface area contributed by atoms with Crippen molar-refractivity contribution >= 4 is 16.9 Å². The first-order valence-electron chi connectivity index (χ1n) is 12.0. The summed E-state index contributed by atoms with van der Waals surface area (Å²) >= 11 is 0. The molecule has 174 valence electrons. The van der Waals surface area contributed by atoms with Gasteiger partial charge in [-0.3, -0.25) is 15.1 Å². The van der Waals surface area contributed by atoms with Crippen LogP contribution in [0.25, 0.3) is 22.4 Å². The van der Waals surface area contributed by atoms with Crippen molar-refractivity contribution in [1.29, 1.82) is 5.41 Å². The summed E-state index contributed by atoms with van der Waals surface area (Å²) in [4.78, 5) is 27.5. The van der Waals surface area contributed by atoms with Crippen LogP contribution in [0.15, 0.2) is 41.2 Å². The number of hydrogen-bond donors (Lipinski definition) is 3. The van der Waals surface area contributed by atoms with Gasteiger partial charge in [-0.25, -0.2) is 9.97 Å². The van der Waals surface area contributed by atoms with E-state index in [1.165, 1.54) is 19.3 Å². The monoisotopic (exact) mass is 446 g/mol. The highest BCUT2D eigenvalue weighted by Gasteiger charge is 2.28. The molecule has 0 saturated carbocycles. The molecule has 0 amide bonds. The molecule has 7 heteroatoms. The van der Waals surface area contributed by atoms with Crippen LogP contribution in [-0.2, 0) is 6.42 Å². The summed E-state index contributed by atoms with van der Waals surface area (Å²) in [7, 11) is 0. The van der Waals surface area contributed by atoms with Crippen LogP contribution >= 0.6 is 0 Å². The lowest BCUT2D eigenvalue weighted by Gasteiger charge is -2.43. The van der Waals surface area contributed by atoms with Gasteiger partial charge in [-0.05, 0) is 76.6 Å². The van der Waals surface area contributed by atoms with Crippen LogP contribution < -0.4 is 11.3 Å². The normalized spacial score (nSPS) is 20.1. The maximum absolute atomic E-state index is 12.9. The molecule has 0 spiro atoms. The number of nitrogens with two attached hydrogens (primary N) is 1. The number of pyridine rings is 1. The molecule has 0 radical (unpaired) electrons. The Morgan fingerprint density at radius 3 is 2.64 bits per heavy atom. The fourth-order valence-electron chi connectivity index (χ4n) is 5.31. The van der Waals surface area contributed by atoms with Crippen molar-refractivity contribution in [3.63, 3.8) is 0 Å². The number of nitrogens with one attached hydrogen (secondary N) is 2. The minimum atomic E-state index is -0.285. The second-order valence-electron chi connectivity index (χ2n) is 9.36. The van der Waals surface area contributed by atoms with Gasteiger partial charge >= 0.3 is 0 Å². The van der Waals surface area contributed by atoms with Gasteiger partial charge in [0.15, 0.2) is 5.69 Å². The van der Waals surface area contributed by atoms with E-state index in [1.54, 1.807) is 18.2 Å². The number of aromatic amines is 1. The summed E-state index contributed by atoms with van der Waals surface area (Å²) in [5, 5.41) is 7.60. The summed E-state index contributed by atoms with van der Waals surface area (Å²) in [6.07, 6.45) is 6.99. The Kier molecular flexibility index (Phi) is 6.88. The first-order chi connectivity index (χ1) is 15.8. The van der Waals surface area contributed by atoms with E-state index in [9.17, 15) is 4.79 Å². The Balaban J connectivity index is 1.53. The van der Waals surface area contributed by atoms with Crippen LogP contribution in [0.2, 0.25) is 0 Å². The number of H-pyrrole nitrogens is 1. The molecule has 33 heavy (non-hydrogen) atoms. The molecule has 2 aromatic heterocycles. The van der Waals surface area contributed by atoms with Gasteiger partial charge in [-0.2, -0.15) is 0 Å². The minimum Gasteiger partial charge on any atom is -0.382 e. The lowest BCUT2D eigenvalue weighted by molar-refractivity contribution is 0.0580. The number of rotatable bonds is 7. The van der Waals surface area contributed by atoms with E-state index < -0.39 is 0 Å². The lowest BCUT2D eigenvalue weighted by Crippen LogP contribution is -2.48. The maximum atomic E-state index is 12.9. The first-order valence-corrected chi connectivity index (χ1v) is 12.0. The van der Waals surface area contributed by atoms with Gasteiger partial charge in [-0.1, -0.05) is 24.6 Å². The zero-order chi connectivity index (χ0) is 23.5. The molecule has 0 bridgehead atoms. The fourth-order valence-corrected chi connectivity index (χ4v) is 5.31. The Morgan fingerprint density at radius 2 is 1.91 bits per heavy atom. The number of nitrogen functional groups attached to an aromatic ring is 1. The van der Waals surface area contributed by atoms with Gasteiger partial charge in [0.05, 0.1) is 16.7 Å². The Bertz CT molecular complexity index is 1190. The highest BCUT2D eigenvalue weighted by atomic mass is 16.1. The number of aromatic nitrogens is 3. The van der Waals surface area contributed by atoms with Crippen LogP contribution in [-0.4, -0.2) is 43.8 Å². The van der Waals surface area contributed by atoms with Gasteiger partial charge in [0.2, 0.25) is 0 Å². The van der Waals surface area contributed by atoms with Crippen LogP contribution in [0, 0.1) is 5.41 Å². The molecule has 4 N–H and O–H groups in total. The highest BCUT2D eigenvalue weighted by molar-refractivity contribution is 5.93. The zero-order valence-corrected chi connectivity index (χ0v) is 19.8. The van der Waals surface area contributed by atoms with Crippen molar-refractivity contribution in [2.75, 3.05) is 0 Å². The predicted octanol–water partition coefficient (Wildman–Crippen LogP) is 4.24. The molecule has 1 aliphatic rings. The van der Waals surface area contributed by atoms with E-state index >= 15 is 0 Å². The molecular weight excluding hydrogens is 412 g/mol. The van der Waals surface area contributed by atoms with Gasteiger partial charge < -0.3 is 10.7 Å². The maximum Gasteiger partial charge on any atom is 0.276 e. The number of fused-ring (bicyclic) bond motifs is 1. The molecular formula is C26H34N6O. The molecule has 3 atom stereocenters. The second kappa shape index (κ2) is 9.83. The third kappa shape index (κ3) is 4.98. The molecule has 0 aliphatic carbocycles. The summed E-state index contributed by atoms with van der Waals surface area (Å²) in [5.41, 5.74) is 8.89. The number of amidine groups is 1. The predicted molar refractivity (Wildman–Crippen MR) is 134 cm³/mol. The molecule has 1 saturated heterocycles. The number of likely N-dealkylation sites (tertiary alicyclic amines) is 1. The number of piperidine rings is 1. The Morgan fingerprint density at radius 1 is 1.18 bits per heavy atom. The average Bonchev–Trinajstić information content (AvgIpc) is 2.79. The van der Waals surface area contributed by atoms with Crippen molar-refractivity contribution in [2.45, 2.75) is 77.4 Å². The number of para-hydroxylation sites is 1. The van der Waals surface area contributed by atoms with Gasteiger partial charge in [0, 0.05) is 18.1 Å². The van der Waals surface area contributed by atoms with Crippen molar-refractivity contribution in [3.05, 3.63) is 58.0 Å². The molecule has 1 fully saturated rings. The third-order valence-electron chi connectivity index (χ3n) is 6.92. The van der Waals surface area contributed by atoms with Gasteiger partial charge in [-0.15, -0.1) is 0 Å².